The van der Waals surface area contributed by atoms with Crippen LogP contribution in [-0.4, -0.2) is 26.6 Å². The van der Waals surface area contributed by atoms with Crippen molar-refractivity contribution in [3.05, 3.63) is 177 Å². The molecular formula is C46H40N4O3S2. The number of rotatable bonds is 7. The molecule has 0 atom stereocenters. The molecule has 8 rings (SSSR count). The van der Waals surface area contributed by atoms with Gasteiger partial charge >= 0.3 is 0 Å². The van der Waals surface area contributed by atoms with Crippen LogP contribution in [0.15, 0.2) is 133 Å². The predicted octanol–water partition coefficient (Wildman–Crippen LogP) is 12.4. The summed E-state index contributed by atoms with van der Waals surface area (Å²) in [4.78, 5) is 19.9. The van der Waals surface area contributed by atoms with Gasteiger partial charge in [0.25, 0.3) is 5.69 Å². The smallest absolute Gasteiger partial charge is 0.270 e. The summed E-state index contributed by atoms with van der Waals surface area (Å²) >= 11 is 3.43. The molecular weight excluding hydrogens is 721 g/mol. The van der Waals surface area contributed by atoms with E-state index >= 15 is 0 Å². The highest BCUT2D eigenvalue weighted by Crippen LogP contribution is 2.32. The third-order valence-electron chi connectivity index (χ3n) is 8.33. The zero-order chi connectivity index (χ0) is 38.7. The minimum atomic E-state index is -0.383. The molecule has 0 aliphatic carbocycles. The van der Waals surface area contributed by atoms with Crippen molar-refractivity contribution in [1.29, 1.82) is 0 Å². The van der Waals surface area contributed by atoms with Crippen molar-refractivity contribution in [2.75, 3.05) is 12.3 Å². The van der Waals surface area contributed by atoms with Crippen LogP contribution in [0.4, 0.5) is 11.4 Å². The van der Waals surface area contributed by atoms with Crippen LogP contribution in [0.3, 0.4) is 0 Å². The maximum atomic E-state index is 10.9. The molecule has 3 N–H and O–H groups in total. The Kier molecular flexibility index (Phi) is 12.7. The average molecular weight is 761 g/mol. The molecule has 2 aromatic heterocycles. The van der Waals surface area contributed by atoms with Gasteiger partial charge in [0.05, 0.1) is 25.4 Å². The Morgan fingerprint density at radius 1 is 0.618 bits per heavy atom. The van der Waals surface area contributed by atoms with Crippen LogP contribution in [0.1, 0.15) is 40.3 Å². The molecule has 55 heavy (non-hydrogen) atoms. The fourth-order valence-corrected chi connectivity index (χ4v) is 7.71. The van der Waals surface area contributed by atoms with E-state index in [-0.39, 0.29) is 17.2 Å². The number of nitrogen functional groups attached to an aromatic ring is 1. The SMILES string of the molecule is CCO.Cc1ccc2nc(-c3ccc(/C=C/c4cccc(N)c4)cc3)sc2c1.Cc1ccc2nc(-c3ccc(/C=C/c4cccc([N+](=O)[O-])c4)cc3)sc2c1. The molecule has 2 heterocycles. The topological polar surface area (TPSA) is 115 Å². The molecule has 0 radical (unpaired) electrons. The molecule has 9 heteroatoms. The summed E-state index contributed by atoms with van der Waals surface area (Å²) in [6.45, 7) is 6.13. The molecule has 0 aliphatic heterocycles. The molecule has 0 aliphatic rings. The fraction of sp³-hybridized carbons (Fsp3) is 0.0870. The average Bonchev–Trinajstić information content (AvgIpc) is 3.81. The normalized spacial score (nSPS) is 11.1. The van der Waals surface area contributed by atoms with E-state index in [0.29, 0.717) is 0 Å². The number of aliphatic hydroxyl groups is 1. The van der Waals surface area contributed by atoms with Crippen molar-refractivity contribution >= 4 is 78.8 Å². The van der Waals surface area contributed by atoms with Gasteiger partial charge in [-0.2, -0.15) is 0 Å². The minimum Gasteiger partial charge on any atom is -0.399 e. The number of aryl methyl sites for hydroxylation is 2. The molecule has 0 saturated carbocycles. The number of aliphatic hydroxyl groups excluding tert-OH is 1. The second-order valence-corrected chi connectivity index (χ2v) is 14.8. The highest BCUT2D eigenvalue weighted by atomic mass is 32.1. The molecule has 274 valence electrons. The number of nitrogens with two attached hydrogens (primary N) is 1. The quantitative estimate of drug-likeness (QED) is 0.0723. The monoisotopic (exact) mass is 760 g/mol. The van der Waals surface area contributed by atoms with E-state index < -0.39 is 0 Å². The van der Waals surface area contributed by atoms with Crippen LogP contribution in [0, 0.1) is 24.0 Å². The first-order chi connectivity index (χ1) is 26.7. The lowest BCUT2D eigenvalue weighted by molar-refractivity contribution is -0.384. The fourth-order valence-electron chi connectivity index (χ4n) is 5.57. The van der Waals surface area contributed by atoms with Crippen LogP contribution < -0.4 is 5.73 Å². The van der Waals surface area contributed by atoms with Crippen LogP contribution >= 0.6 is 22.7 Å². The number of nitro benzene ring substituents is 1. The van der Waals surface area contributed by atoms with Gasteiger partial charge in [0.15, 0.2) is 0 Å². The first kappa shape index (κ1) is 38.5. The highest BCUT2D eigenvalue weighted by molar-refractivity contribution is 7.22. The summed E-state index contributed by atoms with van der Waals surface area (Å²) in [6.07, 6.45) is 8.00. The number of fused-ring (bicyclic) bond motifs is 2. The molecule has 8 aromatic rings. The summed E-state index contributed by atoms with van der Waals surface area (Å²) < 4.78 is 2.43. The van der Waals surface area contributed by atoms with Crippen molar-refractivity contribution in [2.45, 2.75) is 20.8 Å². The van der Waals surface area contributed by atoms with Gasteiger partial charge in [0.2, 0.25) is 0 Å². The number of benzene rings is 6. The Morgan fingerprint density at radius 2 is 1.05 bits per heavy atom. The molecule has 0 spiro atoms. The lowest BCUT2D eigenvalue weighted by atomic mass is 10.1. The first-order valence-electron chi connectivity index (χ1n) is 17.7. The summed E-state index contributed by atoms with van der Waals surface area (Å²) in [5.41, 5.74) is 17.6. The Hall–Kier alpha value is -6.26. The second kappa shape index (κ2) is 18.2. The molecule has 0 amide bonds. The highest BCUT2D eigenvalue weighted by Gasteiger charge is 2.08. The van der Waals surface area contributed by atoms with E-state index in [4.69, 9.17) is 20.8 Å². The van der Waals surface area contributed by atoms with E-state index in [1.54, 1.807) is 41.7 Å². The van der Waals surface area contributed by atoms with Crippen LogP contribution in [0.5, 0.6) is 0 Å². The van der Waals surface area contributed by atoms with E-state index in [9.17, 15) is 10.1 Å². The third-order valence-corrected chi connectivity index (χ3v) is 10.5. The molecule has 7 nitrogen and oxygen atoms in total. The van der Waals surface area contributed by atoms with Crippen molar-refractivity contribution in [3.8, 4) is 21.1 Å². The Balaban J connectivity index is 0.000000175. The van der Waals surface area contributed by atoms with Gasteiger partial charge in [0, 0.05) is 35.6 Å². The number of nitro groups is 1. The summed E-state index contributed by atoms with van der Waals surface area (Å²) in [5, 5.41) is 20.5. The molecule has 6 aromatic carbocycles. The Bertz CT molecular complexity index is 2610. The standard InChI is InChI=1S/C22H16N2O2S.C22H18N2S.C2H6O/c1-15-5-12-20-21(13-15)27-22(23-20)18-10-8-16(9-11-18)6-7-17-3-2-4-19(14-17)24(25)26;1-15-5-12-20-21(13-15)25-22(24-20)18-10-8-16(9-11-18)6-7-17-3-2-4-19(23)14-17;1-2-3/h2-14H,1H3;2-14H,23H2,1H3;3H,2H2,1H3/b2*7-6+;. The lowest BCUT2D eigenvalue weighted by Gasteiger charge is -1.99. The molecule has 0 unspecified atom stereocenters. The second-order valence-electron chi connectivity index (χ2n) is 12.7. The Morgan fingerprint density at radius 3 is 1.51 bits per heavy atom. The van der Waals surface area contributed by atoms with Crippen molar-refractivity contribution in [3.63, 3.8) is 0 Å². The first-order valence-corrected chi connectivity index (χ1v) is 19.3. The zero-order valence-corrected chi connectivity index (χ0v) is 32.4. The van der Waals surface area contributed by atoms with Crippen LogP contribution in [-0.2, 0) is 0 Å². The van der Waals surface area contributed by atoms with Gasteiger partial charge < -0.3 is 10.8 Å². The van der Waals surface area contributed by atoms with E-state index in [1.165, 1.54) is 26.6 Å². The number of thiazole rings is 2. The van der Waals surface area contributed by atoms with Gasteiger partial charge in [-0.25, -0.2) is 9.97 Å². The van der Waals surface area contributed by atoms with Gasteiger partial charge in [-0.3, -0.25) is 10.1 Å². The number of nitrogens with zero attached hydrogens (tertiary/aromatic N) is 3. The van der Waals surface area contributed by atoms with Crippen molar-refractivity contribution in [1.82, 2.24) is 9.97 Å². The summed E-state index contributed by atoms with van der Waals surface area (Å²) in [7, 11) is 0. The van der Waals surface area contributed by atoms with Crippen molar-refractivity contribution < 1.29 is 10.0 Å². The number of aromatic nitrogens is 2. The summed E-state index contributed by atoms with van der Waals surface area (Å²) in [5.74, 6) is 0. The van der Waals surface area contributed by atoms with Gasteiger partial charge in [-0.1, -0.05) is 109 Å². The number of hydrogen-bond donors (Lipinski definition) is 2. The Labute approximate surface area is 328 Å². The maximum Gasteiger partial charge on any atom is 0.270 e. The van der Waals surface area contributed by atoms with Gasteiger partial charge in [-0.05, 0) is 90.6 Å². The minimum absolute atomic E-state index is 0.0959. The number of non-ortho nitro benzene ring substituents is 1. The van der Waals surface area contributed by atoms with Gasteiger partial charge in [0.1, 0.15) is 10.0 Å². The molecule has 0 saturated heterocycles. The number of anilines is 1. The van der Waals surface area contributed by atoms with Gasteiger partial charge in [-0.15, -0.1) is 22.7 Å². The summed E-state index contributed by atoms with van der Waals surface area (Å²) in [6, 6.07) is 43.8. The predicted molar refractivity (Wildman–Crippen MR) is 234 cm³/mol. The van der Waals surface area contributed by atoms with Crippen molar-refractivity contribution in [2.24, 2.45) is 0 Å². The van der Waals surface area contributed by atoms with E-state index in [0.717, 1.165) is 60.1 Å². The lowest BCUT2D eigenvalue weighted by Crippen LogP contribution is -1.87. The van der Waals surface area contributed by atoms with E-state index in [2.05, 4.69) is 98.8 Å². The molecule has 0 fully saturated rings. The zero-order valence-electron chi connectivity index (χ0n) is 30.7. The van der Waals surface area contributed by atoms with Crippen LogP contribution in [0.2, 0.25) is 0 Å². The largest absolute Gasteiger partial charge is 0.399 e. The molecule has 0 bridgehead atoms. The van der Waals surface area contributed by atoms with Crippen LogP contribution in [0.25, 0.3) is 65.9 Å². The van der Waals surface area contributed by atoms with E-state index in [1.807, 2.05) is 54.6 Å². The maximum absolute atomic E-state index is 10.9. The number of hydrogen-bond acceptors (Lipinski definition) is 8. The third kappa shape index (κ3) is 10.5.